The summed E-state index contributed by atoms with van der Waals surface area (Å²) < 4.78 is 38.5. The van der Waals surface area contributed by atoms with Gasteiger partial charge < -0.3 is 9.88 Å². The van der Waals surface area contributed by atoms with Gasteiger partial charge in [0.05, 0.1) is 23.3 Å². The lowest BCUT2D eigenvalue weighted by Gasteiger charge is -2.15. The predicted octanol–water partition coefficient (Wildman–Crippen LogP) is 3.91. The molecule has 0 fully saturated rings. The van der Waals surface area contributed by atoms with Gasteiger partial charge in [0.25, 0.3) is 5.91 Å². The molecule has 3 aromatic heterocycles. The van der Waals surface area contributed by atoms with Gasteiger partial charge in [-0.3, -0.25) is 9.78 Å². The first kappa shape index (κ1) is 21.1. The molecular weight excluding hydrogens is 439 g/mol. The molecule has 1 atom stereocenters. The van der Waals surface area contributed by atoms with Gasteiger partial charge in [0, 0.05) is 40.8 Å². The first-order valence-electron chi connectivity index (χ1n) is 9.45. The van der Waals surface area contributed by atoms with E-state index in [4.69, 9.17) is 0 Å². The molecule has 7 nitrogen and oxygen atoms in total. The number of nitrogens with one attached hydrogen (secondary N) is 1. The van der Waals surface area contributed by atoms with Crippen LogP contribution in [0, 0.1) is 5.82 Å². The molecule has 0 aliphatic rings. The number of aromatic nitrogens is 3. The zero-order valence-corrected chi connectivity index (χ0v) is 18.4. The lowest BCUT2D eigenvalue weighted by molar-refractivity contribution is 0.0937. The minimum atomic E-state index is -3.40. The Morgan fingerprint density at radius 2 is 1.94 bits per heavy atom. The summed E-state index contributed by atoms with van der Waals surface area (Å²) in [5, 5.41) is 3.65. The summed E-state index contributed by atoms with van der Waals surface area (Å²) in [6, 6.07) is 7.48. The molecule has 1 amide bonds. The topological polar surface area (TPSA) is 93.9 Å². The molecule has 0 spiro atoms. The van der Waals surface area contributed by atoms with E-state index in [0.717, 1.165) is 23.3 Å². The fraction of sp³-hybridized carbons (Fsp3) is 0.190. The van der Waals surface area contributed by atoms with E-state index in [1.54, 1.807) is 24.5 Å². The summed E-state index contributed by atoms with van der Waals surface area (Å²) in [6.07, 6.45) is 8.10. The van der Waals surface area contributed by atoms with Crippen LogP contribution in [0.5, 0.6) is 0 Å². The summed E-state index contributed by atoms with van der Waals surface area (Å²) in [5.74, 6) is -0.651. The molecule has 3 heterocycles. The Morgan fingerprint density at radius 1 is 1.19 bits per heavy atom. The van der Waals surface area contributed by atoms with E-state index in [9.17, 15) is 17.6 Å². The van der Waals surface area contributed by atoms with Crippen LogP contribution in [0.3, 0.4) is 0 Å². The predicted molar refractivity (Wildman–Crippen MR) is 117 cm³/mol. The van der Waals surface area contributed by atoms with E-state index < -0.39 is 9.84 Å². The lowest BCUT2D eigenvalue weighted by Crippen LogP contribution is -2.27. The minimum absolute atomic E-state index is 0.0235. The summed E-state index contributed by atoms with van der Waals surface area (Å²) in [6.45, 7) is 1.90. The van der Waals surface area contributed by atoms with Crippen LogP contribution >= 0.6 is 11.3 Å². The van der Waals surface area contributed by atoms with Crippen molar-refractivity contribution in [1.82, 2.24) is 19.9 Å². The molecule has 0 saturated heterocycles. The molecule has 0 aliphatic carbocycles. The Bertz CT molecular complexity index is 1360. The molecule has 0 radical (unpaired) electrons. The first-order valence-corrected chi connectivity index (χ1v) is 12.2. The van der Waals surface area contributed by atoms with Gasteiger partial charge in [-0.15, -0.1) is 11.3 Å². The second-order valence-corrected chi connectivity index (χ2v) is 10.3. The summed E-state index contributed by atoms with van der Waals surface area (Å²) in [5.41, 5.74) is 1.86. The normalized spacial score (nSPS) is 12.7. The number of sulfone groups is 1. The highest BCUT2D eigenvalue weighted by Gasteiger charge is 2.21. The van der Waals surface area contributed by atoms with E-state index >= 15 is 0 Å². The van der Waals surface area contributed by atoms with Crippen molar-refractivity contribution in [1.29, 1.82) is 0 Å². The number of amides is 1. The molecule has 0 aliphatic heterocycles. The third kappa shape index (κ3) is 4.21. The van der Waals surface area contributed by atoms with E-state index in [-0.39, 0.29) is 22.1 Å². The number of carbonyl (C=O) groups is 1. The quantitative estimate of drug-likeness (QED) is 0.473. The van der Waals surface area contributed by atoms with Crippen LogP contribution in [0.25, 0.3) is 16.6 Å². The maximum atomic E-state index is 13.3. The average molecular weight is 459 g/mol. The Labute approximate surface area is 182 Å². The van der Waals surface area contributed by atoms with Gasteiger partial charge >= 0.3 is 0 Å². The Balaban J connectivity index is 1.64. The van der Waals surface area contributed by atoms with Crippen molar-refractivity contribution in [3.63, 3.8) is 0 Å². The van der Waals surface area contributed by atoms with Crippen LogP contribution in [0.2, 0.25) is 0 Å². The van der Waals surface area contributed by atoms with Crippen molar-refractivity contribution < 1.29 is 17.6 Å². The standard InChI is InChI=1S/C21H19FN4O3S2/c1-3-17(19-12-24-21(30-19)31(2,28)29)25-20(27)16-10-23-11-18-15(16)8-9-26(18)14-6-4-13(22)5-7-14/h4-12,17H,3H2,1-2H3,(H,25,27)/t17-/m0/s1. The van der Waals surface area contributed by atoms with Gasteiger partial charge in [0.15, 0.2) is 0 Å². The molecule has 31 heavy (non-hydrogen) atoms. The van der Waals surface area contributed by atoms with Gasteiger partial charge in [-0.2, -0.15) is 0 Å². The van der Waals surface area contributed by atoms with Gasteiger partial charge in [0.1, 0.15) is 5.82 Å². The van der Waals surface area contributed by atoms with E-state index in [1.165, 1.54) is 24.5 Å². The second-order valence-electron chi connectivity index (χ2n) is 7.02. The number of hydrogen-bond acceptors (Lipinski definition) is 6. The highest BCUT2D eigenvalue weighted by atomic mass is 32.2. The average Bonchev–Trinajstić information content (AvgIpc) is 3.39. The molecule has 1 N–H and O–H groups in total. The molecule has 0 unspecified atom stereocenters. The van der Waals surface area contributed by atoms with E-state index in [2.05, 4.69) is 15.3 Å². The number of rotatable bonds is 6. The Morgan fingerprint density at radius 3 is 2.58 bits per heavy atom. The van der Waals surface area contributed by atoms with Crippen molar-refractivity contribution in [2.24, 2.45) is 0 Å². The molecule has 0 bridgehead atoms. The monoisotopic (exact) mass is 458 g/mol. The molecule has 10 heteroatoms. The number of thiazole rings is 1. The highest BCUT2D eigenvalue weighted by molar-refractivity contribution is 7.92. The van der Waals surface area contributed by atoms with Crippen LogP contribution in [0.4, 0.5) is 4.39 Å². The Hall–Kier alpha value is -3.11. The number of nitrogens with zero attached hydrogens (tertiary/aromatic N) is 3. The number of carbonyl (C=O) groups excluding carboxylic acids is 1. The molecule has 0 saturated carbocycles. The maximum absolute atomic E-state index is 13.3. The highest BCUT2D eigenvalue weighted by Crippen LogP contribution is 2.28. The van der Waals surface area contributed by atoms with Gasteiger partial charge in [-0.1, -0.05) is 6.92 Å². The van der Waals surface area contributed by atoms with Crippen LogP contribution in [0.1, 0.15) is 34.6 Å². The third-order valence-electron chi connectivity index (χ3n) is 4.84. The number of benzene rings is 1. The second kappa shape index (κ2) is 8.20. The number of halogens is 1. The molecule has 4 aromatic rings. The fourth-order valence-electron chi connectivity index (χ4n) is 3.28. The summed E-state index contributed by atoms with van der Waals surface area (Å²) >= 11 is 1.05. The Kier molecular flexibility index (Phi) is 5.59. The van der Waals surface area contributed by atoms with Crippen LogP contribution < -0.4 is 5.32 Å². The SMILES string of the molecule is CC[C@H](NC(=O)c1cncc2c1ccn2-c1ccc(F)cc1)c1cnc(S(C)(=O)=O)s1. The van der Waals surface area contributed by atoms with Crippen molar-refractivity contribution >= 4 is 38.0 Å². The lowest BCUT2D eigenvalue weighted by atomic mass is 10.1. The number of fused-ring (bicyclic) bond motifs is 1. The number of pyridine rings is 1. The maximum Gasteiger partial charge on any atom is 0.254 e. The zero-order valence-electron chi connectivity index (χ0n) is 16.7. The molecule has 4 rings (SSSR count). The summed E-state index contributed by atoms with van der Waals surface area (Å²) in [7, 11) is -3.40. The van der Waals surface area contributed by atoms with E-state index in [0.29, 0.717) is 27.8 Å². The van der Waals surface area contributed by atoms with Crippen LogP contribution in [-0.4, -0.2) is 35.1 Å². The van der Waals surface area contributed by atoms with Crippen LogP contribution in [-0.2, 0) is 9.84 Å². The molecule has 1 aromatic carbocycles. The van der Waals surface area contributed by atoms with Gasteiger partial charge in [-0.05, 0) is 36.8 Å². The van der Waals surface area contributed by atoms with Gasteiger partial charge in [-0.25, -0.2) is 17.8 Å². The number of hydrogen-bond donors (Lipinski definition) is 1. The molecular formula is C21H19FN4O3S2. The minimum Gasteiger partial charge on any atom is -0.344 e. The van der Waals surface area contributed by atoms with Crippen molar-refractivity contribution in [2.75, 3.05) is 6.26 Å². The smallest absolute Gasteiger partial charge is 0.254 e. The van der Waals surface area contributed by atoms with E-state index in [1.807, 2.05) is 17.6 Å². The fourth-order valence-corrected chi connectivity index (χ4v) is 5.20. The third-order valence-corrected chi connectivity index (χ3v) is 7.65. The van der Waals surface area contributed by atoms with Crippen molar-refractivity contribution in [3.8, 4) is 5.69 Å². The molecule has 160 valence electrons. The summed E-state index contributed by atoms with van der Waals surface area (Å²) in [4.78, 5) is 21.9. The van der Waals surface area contributed by atoms with Crippen molar-refractivity contribution in [3.05, 3.63) is 71.4 Å². The van der Waals surface area contributed by atoms with Crippen LogP contribution in [0.15, 0.2) is 59.5 Å². The zero-order chi connectivity index (χ0) is 22.2. The first-order chi connectivity index (χ1) is 14.8. The largest absolute Gasteiger partial charge is 0.344 e. The van der Waals surface area contributed by atoms with Gasteiger partial charge in [0.2, 0.25) is 14.2 Å². The van der Waals surface area contributed by atoms with Crippen molar-refractivity contribution in [2.45, 2.75) is 23.7 Å².